The lowest BCUT2D eigenvalue weighted by Gasteiger charge is -2.38. The first-order valence-corrected chi connectivity index (χ1v) is 7.47. The van der Waals surface area contributed by atoms with Gasteiger partial charge in [0.15, 0.2) is 11.6 Å². The second-order valence-corrected chi connectivity index (χ2v) is 5.56. The molecule has 23 heavy (non-hydrogen) atoms. The van der Waals surface area contributed by atoms with Crippen LogP contribution in [0.15, 0.2) is 12.1 Å². The molecule has 0 N–H and O–H groups in total. The number of nitro benzene ring substituents is 1. The highest BCUT2D eigenvalue weighted by Crippen LogP contribution is 2.35. The molecule has 0 aromatic heterocycles. The summed E-state index contributed by atoms with van der Waals surface area (Å²) in [5.74, 6) is -0.712. The summed E-state index contributed by atoms with van der Waals surface area (Å²) in [6.07, 6.45) is 0. The molecule has 1 fully saturated rings. The van der Waals surface area contributed by atoms with Gasteiger partial charge in [-0.15, -0.1) is 0 Å². The zero-order chi connectivity index (χ0) is 17.0. The van der Waals surface area contributed by atoms with E-state index in [4.69, 9.17) is 9.47 Å². The van der Waals surface area contributed by atoms with Gasteiger partial charge >= 0.3 is 0 Å². The number of nitrogens with zero attached hydrogens (tertiary/aromatic N) is 3. The Morgan fingerprint density at radius 3 is 2.48 bits per heavy atom. The number of benzene rings is 1. The molecule has 1 aliphatic rings. The molecule has 8 heteroatoms. The topological polar surface area (TPSA) is 68.1 Å². The van der Waals surface area contributed by atoms with Crippen molar-refractivity contribution in [2.45, 2.75) is 13.0 Å². The van der Waals surface area contributed by atoms with Crippen LogP contribution in [0.1, 0.15) is 6.92 Å². The van der Waals surface area contributed by atoms with E-state index in [0.717, 1.165) is 19.2 Å². The summed E-state index contributed by atoms with van der Waals surface area (Å²) in [7, 11) is 3.01. The number of piperazine rings is 1. The van der Waals surface area contributed by atoms with E-state index in [1.54, 1.807) is 7.11 Å². The molecule has 2 rings (SSSR count). The zero-order valence-corrected chi connectivity index (χ0v) is 13.6. The van der Waals surface area contributed by atoms with E-state index in [1.807, 2.05) is 4.90 Å². The van der Waals surface area contributed by atoms with Gasteiger partial charge in [0.05, 0.1) is 24.7 Å². The monoisotopic (exact) mass is 327 g/mol. The summed E-state index contributed by atoms with van der Waals surface area (Å²) in [5.41, 5.74) is 0.161. The summed E-state index contributed by atoms with van der Waals surface area (Å²) in [5, 5.41) is 11.2. The van der Waals surface area contributed by atoms with Crippen LogP contribution >= 0.6 is 0 Å². The third-order valence-corrected chi connectivity index (χ3v) is 4.13. The lowest BCUT2D eigenvalue weighted by molar-refractivity contribution is -0.384. The van der Waals surface area contributed by atoms with Crippen LogP contribution in [0.3, 0.4) is 0 Å². The van der Waals surface area contributed by atoms with Crippen molar-refractivity contribution in [1.29, 1.82) is 0 Å². The Kier molecular flexibility index (Phi) is 5.73. The Hall–Kier alpha value is -1.93. The Labute approximate surface area is 134 Å². The number of anilines is 1. The van der Waals surface area contributed by atoms with E-state index in [9.17, 15) is 14.5 Å². The highest BCUT2D eigenvalue weighted by Gasteiger charge is 2.27. The number of hydrogen-bond donors (Lipinski definition) is 0. The number of rotatable bonds is 6. The van der Waals surface area contributed by atoms with E-state index >= 15 is 0 Å². The van der Waals surface area contributed by atoms with Crippen molar-refractivity contribution in [3.63, 3.8) is 0 Å². The maximum absolute atomic E-state index is 13.7. The number of hydrogen-bond acceptors (Lipinski definition) is 6. The number of ether oxygens (including phenoxy) is 2. The maximum atomic E-state index is 13.7. The van der Waals surface area contributed by atoms with Gasteiger partial charge in [-0.1, -0.05) is 0 Å². The van der Waals surface area contributed by atoms with Crippen LogP contribution in [0.25, 0.3) is 0 Å². The van der Waals surface area contributed by atoms with E-state index in [2.05, 4.69) is 11.8 Å². The average Bonchev–Trinajstić information content (AvgIpc) is 2.55. The smallest absolute Gasteiger partial charge is 0.295 e. The lowest BCUT2D eigenvalue weighted by atomic mass is 10.1. The van der Waals surface area contributed by atoms with Crippen molar-refractivity contribution in [2.24, 2.45) is 0 Å². The largest absolute Gasteiger partial charge is 0.494 e. The standard InChI is InChI=1S/C15H22FN3O4/c1-11(10-22-2)17-4-6-18(7-5-17)13-9-15(23-3)12(16)8-14(13)19(20)21/h8-9,11H,4-7,10H2,1-3H3. The van der Waals surface area contributed by atoms with E-state index in [1.165, 1.54) is 13.2 Å². The molecule has 7 nitrogen and oxygen atoms in total. The molecule has 0 radical (unpaired) electrons. The molecule has 1 unspecified atom stereocenters. The van der Waals surface area contributed by atoms with Crippen LogP contribution in [-0.4, -0.2) is 62.9 Å². The van der Waals surface area contributed by atoms with Gasteiger partial charge < -0.3 is 14.4 Å². The first-order chi connectivity index (χ1) is 11.0. The molecule has 0 amide bonds. The van der Waals surface area contributed by atoms with Crippen LogP contribution < -0.4 is 9.64 Å². The van der Waals surface area contributed by atoms with Crippen molar-refractivity contribution in [3.8, 4) is 5.75 Å². The fourth-order valence-corrected chi connectivity index (χ4v) is 2.84. The molecular formula is C15H22FN3O4. The Bertz CT molecular complexity index is 562. The number of nitro groups is 1. The van der Waals surface area contributed by atoms with Crippen LogP contribution in [0.2, 0.25) is 0 Å². The van der Waals surface area contributed by atoms with E-state index in [0.29, 0.717) is 31.4 Å². The second-order valence-electron chi connectivity index (χ2n) is 5.56. The van der Waals surface area contributed by atoms with Gasteiger partial charge in [-0.25, -0.2) is 4.39 Å². The van der Waals surface area contributed by atoms with Gasteiger partial charge in [0.25, 0.3) is 5.69 Å². The normalized spacial score (nSPS) is 17.1. The summed E-state index contributed by atoms with van der Waals surface area (Å²) in [4.78, 5) is 14.8. The lowest BCUT2D eigenvalue weighted by Crippen LogP contribution is -2.50. The SMILES string of the molecule is COCC(C)N1CCN(c2cc(OC)c(F)cc2[N+](=O)[O-])CC1. The minimum Gasteiger partial charge on any atom is -0.494 e. The Morgan fingerprint density at radius 2 is 1.96 bits per heavy atom. The van der Waals surface area contributed by atoms with Crippen molar-refractivity contribution >= 4 is 11.4 Å². The van der Waals surface area contributed by atoms with Gasteiger partial charge in [0, 0.05) is 45.4 Å². The first kappa shape index (κ1) is 17.4. The summed E-state index contributed by atoms with van der Waals surface area (Å²) in [6, 6.07) is 2.62. The summed E-state index contributed by atoms with van der Waals surface area (Å²) < 4.78 is 23.9. The fraction of sp³-hybridized carbons (Fsp3) is 0.600. The molecule has 1 aromatic carbocycles. The van der Waals surface area contributed by atoms with Gasteiger partial charge in [-0.3, -0.25) is 15.0 Å². The molecule has 128 valence electrons. The zero-order valence-electron chi connectivity index (χ0n) is 13.6. The van der Waals surface area contributed by atoms with E-state index in [-0.39, 0.29) is 11.4 Å². The van der Waals surface area contributed by atoms with Gasteiger partial charge in [0.1, 0.15) is 5.69 Å². The van der Waals surface area contributed by atoms with Crippen molar-refractivity contribution < 1.29 is 18.8 Å². The molecule has 1 aromatic rings. The summed E-state index contributed by atoms with van der Waals surface area (Å²) >= 11 is 0. The van der Waals surface area contributed by atoms with Gasteiger partial charge in [-0.2, -0.15) is 0 Å². The third-order valence-electron chi connectivity index (χ3n) is 4.13. The Balaban J connectivity index is 2.18. The van der Waals surface area contributed by atoms with E-state index < -0.39 is 10.7 Å². The minimum atomic E-state index is -0.727. The Morgan fingerprint density at radius 1 is 1.30 bits per heavy atom. The van der Waals surface area contributed by atoms with Crippen LogP contribution in [0.5, 0.6) is 5.75 Å². The predicted octanol–water partition coefficient (Wildman–Crippen LogP) is 1.90. The third kappa shape index (κ3) is 3.89. The molecule has 1 atom stereocenters. The quantitative estimate of drug-likeness (QED) is 0.587. The van der Waals surface area contributed by atoms with Crippen molar-refractivity contribution in [2.75, 3.05) is 51.9 Å². The highest BCUT2D eigenvalue weighted by molar-refractivity contribution is 5.66. The molecule has 0 aliphatic carbocycles. The first-order valence-electron chi connectivity index (χ1n) is 7.47. The van der Waals surface area contributed by atoms with Crippen LogP contribution in [0, 0.1) is 15.9 Å². The molecule has 1 aliphatic heterocycles. The van der Waals surface area contributed by atoms with Crippen molar-refractivity contribution in [3.05, 3.63) is 28.1 Å². The van der Waals surface area contributed by atoms with Crippen LogP contribution in [-0.2, 0) is 4.74 Å². The number of methoxy groups -OCH3 is 2. The molecular weight excluding hydrogens is 305 g/mol. The molecule has 0 saturated carbocycles. The second kappa shape index (κ2) is 7.56. The summed E-state index contributed by atoms with van der Waals surface area (Å²) in [6.45, 7) is 5.52. The van der Waals surface area contributed by atoms with Crippen molar-refractivity contribution in [1.82, 2.24) is 4.90 Å². The van der Waals surface area contributed by atoms with Gasteiger partial charge in [0.2, 0.25) is 0 Å². The molecule has 0 bridgehead atoms. The number of halogens is 1. The van der Waals surface area contributed by atoms with Gasteiger partial charge in [-0.05, 0) is 6.92 Å². The molecule has 0 spiro atoms. The molecule has 1 saturated heterocycles. The predicted molar refractivity (Wildman–Crippen MR) is 84.7 cm³/mol. The molecule has 1 heterocycles. The van der Waals surface area contributed by atoms with Crippen LogP contribution in [0.4, 0.5) is 15.8 Å². The minimum absolute atomic E-state index is 0.0146. The average molecular weight is 327 g/mol. The highest BCUT2D eigenvalue weighted by atomic mass is 19.1. The maximum Gasteiger partial charge on any atom is 0.295 e. The fourth-order valence-electron chi connectivity index (χ4n) is 2.84.